The van der Waals surface area contributed by atoms with Gasteiger partial charge in [-0.2, -0.15) is 0 Å². The molecule has 124 valence electrons. The predicted molar refractivity (Wildman–Crippen MR) is 99.5 cm³/mol. The Morgan fingerprint density at radius 2 is 1.86 bits per heavy atom. The number of hydrogen-bond acceptors (Lipinski definition) is 1. The van der Waals surface area contributed by atoms with Gasteiger partial charge in [0.25, 0.3) is 0 Å². The van der Waals surface area contributed by atoms with Crippen molar-refractivity contribution in [3.05, 3.63) is 47.5 Å². The van der Waals surface area contributed by atoms with Crippen LogP contribution in [0.5, 0.6) is 0 Å². The van der Waals surface area contributed by atoms with Crippen LogP contribution in [-0.4, -0.2) is 17.5 Å². The molecule has 0 aromatic heterocycles. The number of likely N-dealkylation sites (tertiary alicyclic amines) is 1. The molecule has 0 amide bonds. The number of benzene rings is 1. The first-order valence-electron chi connectivity index (χ1n) is 8.35. The standard InChI is InChI=1S/C20H31N.ClH/c1-16(2)11-13-20(5)17(3)12-14-21(18(20)4)15-19-9-7-6-8-10-19;/h6-11,17-18H,12-15H2,1-5H3;1H. The van der Waals surface area contributed by atoms with E-state index in [2.05, 4.69) is 75.9 Å². The van der Waals surface area contributed by atoms with E-state index >= 15 is 0 Å². The van der Waals surface area contributed by atoms with Gasteiger partial charge in [0.05, 0.1) is 0 Å². The van der Waals surface area contributed by atoms with Gasteiger partial charge in [-0.1, -0.05) is 55.8 Å². The Labute approximate surface area is 143 Å². The van der Waals surface area contributed by atoms with E-state index in [4.69, 9.17) is 0 Å². The predicted octanol–water partition coefficient (Wildman–Crippen LogP) is 5.70. The summed E-state index contributed by atoms with van der Waals surface area (Å²) in [5.41, 5.74) is 3.25. The first-order valence-corrected chi connectivity index (χ1v) is 8.35. The smallest absolute Gasteiger partial charge is 0.0236 e. The summed E-state index contributed by atoms with van der Waals surface area (Å²) >= 11 is 0. The largest absolute Gasteiger partial charge is 0.296 e. The summed E-state index contributed by atoms with van der Waals surface area (Å²) < 4.78 is 0. The Kier molecular flexibility index (Phi) is 7.15. The van der Waals surface area contributed by atoms with Gasteiger partial charge in [0.1, 0.15) is 0 Å². The summed E-state index contributed by atoms with van der Waals surface area (Å²) in [5.74, 6) is 0.787. The van der Waals surface area contributed by atoms with E-state index in [1.165, 1.54) is 30.5 Å². The van der Waals surface area contributed by atoms with Gasteiger partial charge in [0.15, 0.2) is 0 Å². The van der Waals surface area contributed by atoms with Crippen molar-refractivity contribution in [2.24, 2.45) is 11.3 Å². The molecular weight excluding hydrogens is 290 g/mol. The maximum Gasteiger partial charge on any atom is 0.0236 e. The molecule has 1 aromatic rings. The average molecular weight is 322 g/mol. The van der Waals surface area contributed by atoms with Crippen LogP contribution >= 0.6 is 12.4 Å². The molecule has 2 heteroatoms. The van der Waals surface area contributed by atoms with E-state index < -0.39 is 0 Å². The lowest BCUT2D eigenvalue weighted by atomic mass is 9.66. The van der Waals surface area contributed by atoms with Crippen LogP contribution in [0, 0.1) is 11.3 Å². The van der Waals surface area contributed by atoms with E-state index in [1.54, 1.807) is 0 Å². The zero-order valence-electron chi connectivity index (χ0n) is 14.8. The molecule has 22 heavy (non-hydrogen) atoms. The first kappa shape index (κ1) is 19.3. The molecule has 1 aliphatic rings. The minimum Gasteiger partial charge on any atom is -0.296 e. The van der Waals surface area contributed by atoms with E-state index in [1.807, 2.05) is 0 Å². The van der Waals surface area contributed by atoms with E-state index in [9.17, 15) is 0 Å². The Bertz CT molecular complexity index is 478. The molecule has 0 N–H and O–H groups in total. The maximum atomic E-state index is 2.67. The third kappa shape index (κ3) is 4.36. The number of rotatable bonds is 4. The lowest BCUT2D eigenvalue weighted by Crippen LogP contribution is -2.52. The summed E-state index contributed by atoms with van der Waals surface area (Å²) in [6.45, 7) is 14.1. The molecule has 0 spiro atoms. The minimum atomic E-state index is 0. The van der Waals surface area contributed by atoms with Gasteiger partial charge >= 0.3 is 0 Å². The Balaban J connectivity index is 0.00000242. The van der Waals surface area contributed by atoms with Gasteiger partial charge in [-0.15, -0.1) is 12.4 Å². The summed E-state index contributed by atoms with van der Waals surface area (Å²) in [4.78, 5) is 2.67. The molecule has 3 unspecified atom stereocenters. The van der Waals surface area contributed by atoms with Gasteiger partial charge in [-0.3, -0.25) is 4.90 Å². The van der Waals surface area contributed by atoms with Crippen LogP contribution < -0.4 is 0 Å². The summed E-state index contributed by atoms with van der Waals surface area (Å²) in [7, 11) is 0. The van der Waals surface area contributed by atoms with E-state index in [0.29, 0.717) is 11.5 Å². The quantitative estimate of drug-likeness (QED) is 0.643. The van der Waals surface area contributed by atoms with Crippen molar-refractivity contribution < 1.29 is 0 Å². The normalized spacial score (nSPS) is 28.8. The zero-order chi connectivity index (χ0) is 15.5. The highest BCUT2D eigenvalue weighted by molar-refractivity contribution is 5.85. The van der Waals surface area contributed by atoms with Crippen molar-refractivity contribution in [2.45, 2.75) is 60.0 Å². The first-order chi connectivity index (χ1) is 9.93. The molecule has 0 aliphatic carbocycles. The van der Waals surface area contributed by atoms with Crippen LogP contribution in [0.15, 0.2) is 42.0 Å². The van der Waals surface area contributed by atoms with Crippen LogP contribution in [0.3, 0.4) is 0 Å². The van der Waals surface area contributed by atoms with Crippen molar-refractivity contribution in [1.82, 2.24) is 4.90 Å². The van der Waals surface area contributed by atoms with Crippen molar-refractivity contribution in [2.75, 3.05) is 6.54 Å². The molecule has 0 bridgehead atoms. The fourth-order valence-electron chi connectivity index (χ4n) is 3.54. The summed E-state index contributed by atoms with van der Waals surface area (Å²) in [5, 5.41) is 0. The maximum absolute atomic E-state index is 2.67. The molecule has 3 atom stereocenters. The minimum absolute atomic E-state index is 0. The van der Waals surface area contributed by atoms with Crippen LogP contribution in [0.25, 0.3) is 0 Å². The van der Waals surface area contributed by atoms with E-state index in [-0.39, 0.29) is 12.4 Å². The monoisotopic (exact) mass is 321 g/mol. The average Bonchev–Trinajstić information content (AvgIpc) is 2.47. The highest BCUT2D eigenvalue weighted by atomic mass is 35.5. The van der Waals surface area contributed by atoms with Crippen molar-refractivity contribution in [3.8, 4) is 0 Å². The number of piperidine rings is 1. The third-order valence-corrected chi connectivity index (χ3v) is 5.66. The lowest BCUT2D eigenvalue weighted by molar-refractivity contribution is -0.0110. The zero-order valence-corrected chi connectivity index (χ0v) is 15.6. The Morgan fingerprint density at radius 1 is 1.23 bits per heavy atom. The second kappa shape index (κ2) is 8.17. The number of halogens is 1. The molecule has 1 nitrogen and oxygen atoms in total. The molecule has 2 rings (SSSR count). The van der Waals surface area contributed by atoms with Crippen molar-refractivity contribution >= 4 is 12.4 Å². The third-order valence-electron chi connectivity index (χ3n) is 5.66. The fraction of sp³-hybridized carbons (Fsp3) is 0.600. The van der Waals surface area contributed by atoms with Gasteiger partial charge in [0.2, 0.25) is 0 Å². The van der Waals surface area contributed by atoms with Crippen LogP contribution in [-0.2, 0) is 6.54 Å². The molecule has 1 fully saturated rings. The molecule has 1 saturated heterocycles. The topological polar surface area (TPSA) is 3.24 Å². The van der Waals surface area contributed by atoms with Crippen LogP contribution in [0.4, 0.5) is 0 Å². The molecule has 1 aliphatic heterocycles. The molecular formula is C20H32ClN. The molecule has 1 aromatic carbocycles. The second-order valence-electron chi connectivity index (χ2n) is 7.31. The second-order valence-corrected chi connectivity index (χ2v) is 7.31. The lowest BCUT2D eigenvalue weighted by Gasteiger charge is -2.51. The van der Waals surface area contributed by atoms with Gasteiger partial charge < -0.3 is 0 Å². The fourth-order valence-corrected chi connectivity index (χ4v) is 3.54. The van der Waals surface area contributed by atoms with E-state index in [0.717, 1.165) is 12.5 Å². The van der Waals surface area contributed by atoms with Crippen molar-refractivity contribution in [3.63, 3.8) is 0 Å². The Hall–Kier alpha value is -0.790. The van der Waals surface area contributed by atoms with Gasteiger partial charge in [-0.05, 0) is 57.1 Å². The molecule has 0 radical (unpaired) electrons. The highest BCUT2D eigenvalue weighted by Gasteiger charge is 2.42. The molecule has 0 saturated carbocycles. The van der Waals surface area contributed by atoms with Gasteiger partial charge in [-0.25, -0.2) is 0 Å². The van der Waals surface area contributed by atoms with Crippen LogP contribution in [0.1, 0.15) is 53.0 Å². The van der Waals surface area contributed by atoms with Crippen LogP contribution in [0.2, 0.25) is 0 Å². The number of hydrogen-bond donors (Lipinski definition) is 0. The highest BCUT2D eigenvalue weighted by Crippen LogP contribution is 2.43. The summed E-state index contributed by atoms with van der Waals surface area (Å²) in [6, 6.07) is 11.5. The SMILES string of the molecule is CC(C)=CCC1(C)C(C)CCN(Cc2ccccc2)C1C.Cl. The molecule has 1 heterocycles. The number of nitrogens with zero attached hydrogens (tertiary/aromatic N) is 1. The summed E-state index contributed by atoms with van der Waals surface area (Å²) in [6.07, 6.45) is 4.94. The number of allylic oxidation sites excluding steroid dienone is 2. The Morgan fingerprint density at radius 3 is 2.45 bits per heavy atom. The van der Waals surface area contributed by atoms with Gasteiger partial charge in [0, 0.05) is 12.6 Å². The van der Waals surface area contributed by atoms with Crippen molar-refractivity contribution in [1.29, 1.82) is 0 Å².